The van der Waals surface area contributed by atoms with Crippen LogP contribution in [0.3, 0.4) is 0 Å². The van der Waals surface area contributed by atoms with Crippen LogP contribution < -0.4 is 15.4 Å². The first-order valence-corrected chi connectivity index (χ1v) is 17.0. The fourth-order valence-electron chi connectivity index (χ4n) is 8.06. The number of halogens is 6. The molecule has 1 amide bonds. The van der Waals surface area contributed by atoms with Gasteiger partial charge in [0.25, 0.3) is 0 Å². The molecule has 0 saturated carbocycles. The lowest BCUT2D eigenvalue weighted by molar-refractivity contribution is -0.137. The molecule has 0 spiro atoms. The summed E-state index contributed by atoms with van der Waals surface area (Å²) in [6.45, 7) is 4.46. The van der Waals surface area contributed by atoms with E-state index in [2.05, 4.69) is 9.97 Å². The normalized spacial score (nSPS) is 23.9. The first-order chi connectivity index (χ1) is 23.6. The van der Waals surface area contributed by atoms with Gasteiger partial charge in [-0.2, -0.15) is 28.4 Å². The number of likely N-dealkylation sites (N-methyl/N-ethyl adjacent to an activating group) is 1. The number of nitrogens with zero attached hydrogens (tertiary/aromatic N) is 6. The number of benzene rings is 2. The van der Waals surface area contributed by atoms with Crippen LogP contribution in [0.25, 0.3) is 32.1 Å². The number of nitrogens with two attached hydrogens (primary N) is 1. The van der Waals surface area contributed by atoms with Gasteiger partial charge in [0.05, 0.1) is 21.4 Å². The number of ether oxygens (including phenoxy) is 1. The van der Waals surface area contributed by atoms with Crippen LogP contribution in [0.15, 0.2) is 18.2 Å². The van der Waals surface area contributed by atoms with E-state index >= 15 is 4.39 Å². The molecule has 0 radical (unpaired) electrons. The number of hydrogen-bond acceptors (Lipinski definition) is 9. The molecule has 4 atom stereocenters. The van der Waals surface area contributed by atoms with Gasteiger partial charge < -0.3 is 20.3 Å². The van der Waals surface area contributed by atoms with Crippen molar-refractivity contribution in [1.82, 2.24) is 19.8 Å². The van der Waals surface area contributed by atoms with E-state index < -0.39 is 52.2 Å². The maximum absolute atomic E-state index is 17.1. The van der Waals surface area contributed by atoms with Gasteiger partial charge in [0.1, 0.15) is 41.0 Å². The lowest BCUT2D eigenvalue weighted by Crippen LogP contribution is -2.43. The van der Waals surface area contributed by atoms with Crippen molar-refractivity contribution in [2.24, 2.45) is 0 Å². The molecule has 2 aromatic heterocycles. The Morgan fingerprint density at radius 1 is 1.26 bits per heavy atom. The van der Waals surface area contributed by atoms with Crippen LogP contribution in [-0.4, -0.2) is 82.8 Å². The van der Waals surface area contributed by atoms with E-state index in [1.165, 1.54) is 6.92 Å². The Kier molecular flexibility index (Phi) is 8.29. The Balaban J connectivity index is 1.45. The number of carbonyl (C=O) groups excluding carboxylic acids is 1. The van der Waals surface area contributed by atoms with E-state index in [4.69, 9.17) is 10.5 Å². The van der Waals surface area contributed by atoms with Gasteiger partial charge in [-0.1, -0.05) is 6.07 Å². The Bertz CT molecular complexity index is 2080. The summed E-state index contributed by atoms with van der Waals surface area (Å²) in [5.74, 6) is -2.43. The van der Waals surface area contributed by atoms with Crippen LogP contribution in [0.5, 0.6) is 6.01 Å². The molecule has 3 fully saturated rings. The molecule has 5 heterocycles. The smallest absolute Gasteiger partial charge is 0.417 e. The maximum Gasteiger partial charge on any atom is 0.417 e. The molecular formula is C34H33F6N7O2S. The molecule has 50 heavy (non-hydrogen) atoms. The van der Waals surface area contributed by atoms with Crippen LogP contribution in [-0.2, 0) is 11.0 Å². The first kappa shape index (κ1) is 34.1. The molecule has 3 saturated heterocycles. The van der Waals surface area contributed by atoms with Crippen molar-refractivity contribution in [2.75, 3.05) is 43.9 Å². The van der Waals surface area contributed by atoms with Crippen LogP contribution in [0.2, 0.25) is 0 Å². The van der Waals surface area contributed by atoms with Crippen molar-refractivity contribution < 1.29 is 35.9 Å². The molecule has 7 rings (SSSR count). The molecule has 2 aromatic carbocycles. The quantitative estimate of drug-likeness (QED) is 0.221. The number of amides is 1. The van der Waals surface area contributed by atoms with E-state index in [1.807, 2.05) is 17.9 Å². The number of fused-ring (bicyclic) bond motifs is 3. The van der Waals surface area contributed by atoms with Gasteiger partial charge in [0, 0.05) is 61.9 Å². The summed E-state index contributed by atoms with van der Waals surface area (Å²) in [4.78, 5) is 26.4. The Morgan fingerprint density at radius 2 is 2.02 bits per heavy atom. The second kappa shape index (κ2) is 12.2. The molecule has 4 unspecified atom stereocenters. The topological polar surface area (TPSA) is 112 Å². The predicted octanol–water partition coefficient (Wildman–Crippen LogP) is 6.66. The van der Waals surface area contributed by atoms with Crippen molar-refractivity contribution in [3.63, 3.8) is 0 Å². The minimum Gasteiger partial charge on any atom is -0.461 e. The predicted molar refractivity (Wildman–Crippen MR) is 177 cm³/mol. The summed E-state index contributed by atoms with van der Waals surface area (Å²) in [7, 11) is 1.60. The van der Waals surface area contributed by atoms with Crippen molar-refractivity contribution in [3.8, 4) is 23.2 Å². The molecule has 264 valence electrons. The third-order valence-electron chi connectivity index (χ3n) is 10.5. The van der Waals surface area contributed by atoms with Crippen molar-refractivity contribution in [3.05, 3.63) is 41.0 Å². The molecule has 3 aliphatic rings. The van der Waals surface area contributed by atoms with Crippen LogP contribution in [0.4, 0.5) is 37.2 Å². The molecule has 16 heteroatoms. The van der Waals surface area contributed by atoms with Crippen molar-refractivity contribution in [2.45, 2.75) is 69.5 Å². The summed E-state index contributed by atoms with van der Waals surface area (Å²) >= 11 is 0.678. The van der Waals surface area contributed by atoms with Crippen molar-refractivity contribution >= 4 is 49.1 Å². The number of nitriles is 1. The van der Waals surface area contributed by atoms with Gasteiger partial charge in [-0.05, 0) is 50.4 Å². The summed E-state index contributed by atoms with van der Waals surface area (Å²) in [5, 5.41) is 9.19. The third kappa shape index (κ3) is 5.45. The Hall–Kier alpha value is -4.36. The summed E-state index contributed by atoms with van der Waals surface area (Å²) in [6.07, 6.45) is -3.99. The maximum atomic E-state index is 17.1. The minimum absolute atomic E-state index is 0.0198. The summed E-state index contributed by atoms with van der Waals surface area (Å²) in [6, 6.07) is 3.58. The highest BCUT2D eigenvalue weighted by atomic mass is 32.1. The number of alkyl halides is 4. The van der Waals surface area contributed by atoms with Gasteiger partial charge in [0.2, 0.25) is 5.91 Å². The Labute approximate surface area is 287 Å². The highest BCUT2D eigenvalue weighted by Gasteiger charge is 2.49. The lowest BCUT2D eigenvalue weighted by Gasteiger charge is -2.31. The van der Waals surface area contributed by atoms with E-state index in [9.17, 15) is 32.0 Å². The number of thiophene rings is 1. The van der Waals surface area contributed by atoms with E-state index in [1.54, 1.807) is 16.8 Å². The number of rotatable bonds is 6. The highest BCUT2D eigenvalue weighted by molar-refractivity contribution is 7.23. The van der Waals surface area contributed by atoms with Gasteiger partial charge >= 0.3 is 12.2 Å². The largest absolute Gasteiger partial charge is 0.461 e. The van der Waals surface area contributed by atoms with Crippen LogP contribution in [0.1, 0.15) is 50.7 Å². The molecule has 0 aliphatic carbocycles. The second-order valence-electron chi connectivity index (χ2n) is 13.5. The van der Waals surface area contributed by atoms with Crippen LogP contribution in [0, 0.1) is 23.0 Å². The molecular weight excluding hydrogens is 684 g/mol. The number of nitrogen functional groups attached to an aromatic ring is 1. The molecule has 0 bridgehead atoms. The number of likely N-dealkylation sites (tertiary alicyclic amines) is 1. The second-order valence-corrected chi connectivity index (χ2v) is 14.5. The zero-order valence-corrected chi connectivity index (χ0v) is 28.2. The number of aromatic nitrogens is 2. The van der Waals surface area contributed by atoms with E-state index in [0.717, 1.165) is 24.6 Å². The fourth-order valence-corrected chi connectivity index (χ4v) is 9.01. The molecule has 2 N–H and O–H groups in total. The van der Waals surface area contributed by atoms with Crippen LogP contribution >= 0.6 is 11.3 Å². The van der Waals surface area contributed by atoms with Gasteiger partial charge in [-0.3, -0.25) is 9.69 Å². The first-order valence-electron chi connectivity index (χ1n) is 16.2. The van der Waals surface area contributed by atoms with E-state index in [0.29, 0.717) is 30.7 Å². The standard InChI is InChI=1S/C34H33F6N7O2S/c1-16-9-19(14-47(16)17(2)48)45(3)31-21-10-23(34(38,39)40)26(20-5-6-24(36)29-25(20)22(12-41)30(42)50-29)27(37)28(21)43-32(44-31)49-15-33-7-4-8-46(33)13-18(35)11-33/h5-6,10,16,18-19H,4,7-9,11,13-15,42H2,1-3H3. The zero-order chi connectivity index (χ0) is 35.9. The number of anilines is 2. The number of carbonyl (C=O) groups is 1. The summed E-state index contributed by atoms with van der Waals surface area (Å²) in [5.41, 5.74) is 1.86. The van der Waals surface area contributed by atoms with Crippen molar-refractivity contribution in [1.29, 1.82) is 5.26 Å². The number of hydrogen-bond donors (Lipinski definition) is 1. The van der Waals surface area contributed by atoms with Gasteiger partial charge in [-0.15, -0.1) is 11.3 Å². The lowest BCUT2D eigenvalue weighted by atomic mass is 9.92. The van der Waals surface area contributed by atoms with Gasteiger partial charge in [-0.25, -0.2) is 13.2 Å². The monoisotopic (exact) mass is 717 g/mol. The fraction of sp³-hybridized carbons (Fsp3) is 0.471. The molecule has 9 nitrogen and oxygen atoms in total. The minimum atomic E-state index is -5.12. The molecule has 3 aliphatic heterocycles. The average Bonchev–Trinajstić information content (AvgIpc) is 3.80. The zero-order valence-electron chi connectivity index (χ0n) is 27.4. The Morgan fingerprint density at radius 3 is 2.70 bits per heavy atom. The third-order valence-corrected chi connectivity index (χ3v) is 11.5. The highest BCUT2D eigenvalue weighted by Crippen LogP contribution is 2.48. The SMILES string of the molecule is CC(=O)N1CC(N(C)c2nc(OCC34CCCN3CC(F)C4)nc3c(F)c(-c4ccc(F)c5sc(N)c(C#N)c45)c(C(F)(F)F)cc23)CC1C. The average molecular weight is 718 g/mol. The van der Waals surface area contributed by atoms with E-state index in [-0.39, 0.29) is 81.5 Å². The summed E-state index contributed by atoms with van der Waals surface area (Å²) < 4.78 is 97.3. The van der Waals surface area contributed by atoms with Gasteiger partial charge in [0.15, 0.2) is 5.82 Å². The molecule has 4 aromatic rings.